The smallest absolute Gasteiger partial charge is 0.186 e. The first-order valence-electron chi connectivity index (χ1n) is 11.6. The van der Waals surface area contributed by atoms with Crippen molar-refractivity contribution < 1.29 is 55.1 Å². The first-order chi connectivity index (χ1) is 17.1. The fraction of sp³-hybridized carbons (Fsp3) is 0.480. The summed E-state index contributed by atoms with van der Waals surface area (Å²) in [5, 5.41) is 78.1. The topological polar surface area (TPSA) is 197 Å². The Labute approximate surface area is 207 Å². The van der Waals surface area contributed by atoms with Crippen LogP contribution in [-0.2, 0) is 27.1 Å². The molecule has 11 nitrogen and oxygen atoms in total. The van der Waals surface area contributed by atoms with Gasteiger partial charge in [0.05, 0.1) is 12.7 Å². The zero-order valence-electron chi connectivity index (χ0n) is 19.5. The van der Waals surface area contributed by atoms with Crippen molar-refractivity contribution in [2.24, 2.45) is 0 Å². The van der Waals surface area contributed by atoms with Gasteiger partial charge in [-0.15, -0.1) is 0 Å². The molecule has 1 heterocycles. The van der Waals surface area contributed by atoms with E-state index in [-0.39, 0.29) is 48.0 Å². The van der Waals surface area contributed by atoms with E-state index in [1.54, 1.807) is 12.1 Å². The second kappa shape index (κ2) is 12.3. The molecule has 1 unspecified atom stereocenters. The molecular formula is C25H32O11. The molecule has 6 atom stereocenters. The number of aliphatic hydroxyl groups is 4. The molecule has 0 aliphatic carbocycles. The highest BCUT2D eigenvalue weighted by Crippen LogP contribution is 2.29. The minimum atomic E-state index is -1.63. The molecule has 0 aromatic heterocycles. The maximum atomic E-state index is 12.8. The number of carbonyl (C=O) groups excluding carboxylic acids is 1. The molecule has 0 saturated carbocycles. The van der Waals surface area contributed by atoms with Crippen LogP contribution in [0.25, 0.3) is 0 Å². The Kier molecular flexibility index (Phi) is 9.49. The van der Waals surface area contributed by atoms with Gasteiger partial charge in [-0.3, -0.25) is 4.79 Å². The van der Waals surface area contributed by atoms with E-state index in [1.807, 2.05) is 0 Å². The quantitative estimate of drug-likeness (QED) is 0.193. The van der Waals surface area contributed by atoms with E-state index in [9.17, 15) is 45.6 Å². The highest BCUT2D eigenvalue weighted by atomic mass is 16.7. The Hall–Kier alpha value is -2.93. The summed E-state index contributed by atoms with van der Waals surface area (Å²) in [5.41, 5.74) is 1.30. The Morgan fingerprint density at radius 3 is 1.97 bits per heavy atom. The Balaban J connectivity index is 1.68. The molecule has 0 bridgehead atoms. The lowest BCUT2D eigenvalue weighted by Crippen LogP contribution is -2.59. The Bertz CT molecular complexity index is 1030. The molecule has 11 heteroatoms. The second-order valence-corrected chi connectivity index (χ2v) is 8.88. The average Bonchev–Trinajstić information content (AvgIpc) is 2.85. The van der Waals surface area contributed by atoms with Gasteiger partial charge in [0.2, 0.25) is 0 Å². The molecule has 2 aromatic carbocycles. The van der Waals surface area contributed by atoms with Gasteiger partial charge in [-0.05, 0) is 54.7 Å². The van der Waals surface area contributed by atoms with Gasteiger partial charge in [-0.2, -0.15) is 0 Å². The summed E-state index contributed by atoms with van der Waals surface area (Å²) in [6.45, 7) is -0.624. The van der Waals surface area contributed by atoms with Gasteiger partial charge in [0, 0.05) is 12.8 Å². The number of hydrogen-bond acceptors (Lipinski definition) is 11. The number of aromatic hydroxyl groups is 4. The summed E-state index contributed by atoms with van der Waals surface area (Å²) >= 11 is 0. The molecule has 198 valence electrons. The van der Waals surface area contributed by atoms with Gasteiger partial charge in [-0.25, -0.2) is 0 Å². The van der Waals surface area contributed by atoms with Gasteiger partial charge in [0.25, 0.3) is 0 Å². The lowest BCUT2D eigenvalue weighted by atomic mass is 9.98. The van der Waals surface area contributed by atoms with Crippen molar-refractivity contribution in [3.63, 3.8) is 0 Å². The molecule has 3 rings (SSSR count). The van der Waals surface area contributed by atoms with Crippen molar-refractivity contribution in [1.29, 1.82) is 0 Å². The van der Waals surface area contributed by atoms with Crippen LogP contribution in [0.1, 0.15) is 30.4 Å². The third-order valence-corrected chi connectivity index (χ3v) is 6.16. The fourth-order valence-corrected chi connectivity index (χ4v) is 4.00. The number of hydrogen-bond donors (Lipinski definition) is 8. The molecule has 1 aliphatic heterocycles. The van der Waals surface area contributed by atoms with Gasteiger partial charge < -0.3 is 50.3 Å². The standard InChI is InChI=1S/C25H32O11/c26-12-21-22(32)23(33)24(34)25(36-21)35-16(6-2-14-4-8-18(29)20(31)10-14)11-15(27)5-1-13-3-7-17(28)19(30)9-13/h3-4,7-10,16,21-26,28-34H,1-2,5-6,11-12H2/t16?,21-,22-,23+,24-,25-/m1/s1. The van der Waals surface area contributed by atoms with Crippen LogP contribution in [0.5, 0.6) is 23.0 Å². The van der Waals surface area contributed by atoms with E-state index in [2.05, 4.69) is 0 Å². The molecule has 0 radical (unpaired) electrons. The van der Waals surface area contributed by atoms with Crippen molar-refractivity contribution in [2.75, 3.05) is 6.61 Å². The van der Waals surface area contributed by atoms with Crippen molar-refractivity contribution in [2.45, 2.75) is 68.9 Å². The van der Waals surface area contributed by atoms with Crippen LogP contribution in [-0.4, -0.2) is 90.1 Å². The van der Waals surface area contributed by atoms with E-state index in [0.717, 1.165) is 0 Å². The van der Waals surface area contributed by atoms with Crippen molar-refractivity contribution >= 4 is 5.78 Å². The predicted octanol–water partition coefficient (Wildman–Crippen LogP) is 0.219. The molecular weight excluding hydrogens is 476 g/mol. The molecule has 1 aliphatic rings. The van der Waals surface area contributed by atoms with Crippen LogP contribution >= 0.6 is 0 Å². The SMILES string of the molecule is O=C(CCc1ccc(O)c(O)c1)CC(CCc1ccc(O)c(O)c1)O[C@@H]1O[C@H](CO)[C@@H](O)[C@H](O)[C@H]1O. The number of benzene rings is 2. The lowest BCUT2D eigenvalue weighted by Gasteiger charge is -2.40. The van der Waals surface area contributed by atoms with E-state index in [4.69, 9.17) is 9.47 Å². The molecule has 36 heavy (non-hydrogen) atoms. The van der Waals surface area contributed by atoms with E-state index in [1.165, 1.54) is 24.3 Å². The number of phenols is 4. The van der Waals surface area contributed by atoms with E-state index >= 15 is 0 Å². The molecule has 1 saturated heterocycles. The van der Waals surface area contributed by atoms with Gasteiger partial charge >= 0.3 is 0 Å². The zero-order chi connectivity index (χ0) is 26.4. The Morgan fingerprint density at radius 2 is 1.42 bits per heavy atom. The van der Waals surface area contributed by atoms with Crippen molar-refractivity contribution in [3.05, 3.63) is 47.5 Å². The first-order valence-corrected chi connectivity index (χ1v) is 11.6. The molecule has 8 N–H and O–H groups in total. The van der Waals surface area contributed by atoms with Crippen LogP contribution in [0.2, 0.25) is 0 Å². The largest absolute Gasteiger partial charge is 0.504 e. The van der Waals surface area contributed by atoms with Crippen LogP contribution in [0.3, 0.4) is 0 Å². The summed E-state index contributed by atoms with van der Waals surface area (Å²) in [6.07, 6.45) is -7.32. The van der Waals surface area contributed by atoms with Crippen LogP contribution in [0, 0.1) is 0 Å². The van der Waals surface area contributed by atoms with Crippen molar-refractivity contribution in [1.82, 2.24) is 0 Å². The molecule has 1 fully saturated rings. The summed E-state index contributed by atoms with van der Waals surface area (Å²) in [7, 11) is 0. The number of phenolic OH excluding ortho intramolecular Hbond substituents is 4. The number of rotatable bonds is 11. The van der Waals surface area contributed by atoms with Crippen molar-refractivity contribution in [3.8, 4) is 23.0 Å². The summed E-state index contributed by atoms with van der Waals surface area (Å²) in [6, 6.07) is 8.57. The maximum absolute atomic E-state index is 12.8. The number of Topliss-reactive ketones (excluding diaryl/α,β-unsaturated/α-hetero) is 1. The van der Waals surface area contributed by atoms with Crippen LogP contribution in [0.4, 0.5) is 0 Å². The third-order valence-electron chi connectivity index (χ3n) is 6.16. The second-order valence-electron chi connectivity index (χ2n) is 8.88. The molecule has 0 amide bonds. The van der Waals surface area contributed by atoms with E-state index < -0.39 is 43.4 Å². The lowest BCUT2D eigenvalue weighted by molar-refractivity contribution is -0.311. The fourth-order valence-electron chi connectivity index (χ4n) is 4.00. The van der Waals surface area contributed by atoms with E-state index in [0.29, 0.717) is 24.0 Å². The van der Waals surface area contributed by atoms with Crippen LogP contribution < -0.4 is 0 Å². The number of aliphatic hydroxyl groups excluding tert-OH is 4. The number of carbonyl (C=O) groups is 1. The number of ether oxygens (including phenoxy) is 2. The number of ketones is 1. The minimum absolute atomic E-state index is 0.0941. The monoisotopic (exact) mass is 508 g/mol. The highest BCUT2D eigenvalue weighted by Gasteiger charge is 2.44. The van der Waals surface area contributed by atoms with Gasteiger partial charge in [0.15, 0.2) is 29.3 Å². The normalized spacial score (nSPS) is 24.9. The summed E-state index contributed by atoms with van der Waals surface area (Å²) < 4.78 is 11.2. The minimum Gasteiger partial charge on any atom is -0.504 e. The predicted molar refractivity (Wildman–Crippen MR) is 124 cm³/mol. The van der Waals surface area contributed by atoms with Gasteiger partial charge in [0.1, 0.15) is 30.2 Å². The zero-order valence-corrected chi connectivity index (χ0v) is 19.5. The number of aryl methyl sites for hydroxylation is 2. The summed E-state index contributed by atoms with van der Waals surface area (Å²) in [4.78, 5) is 12.8. The summed E-state index contributed by atoms with van der Waals surface area (Å²) in [5.74, 6) is -1.33. The maximum Gasteiger partial charge on any atom is 0.186 e. The molecule has 2 aromatic rings. The van der Waals surface area contributed by atoms with Gasteiger partial charge in [-0.1, -0.05) is 12.1 Å². The highest BCUT2D eigenvalue weighted by molar-refractivity contribution is 5.79. The Morgan fingerprint density at radius 1 is 0.833 bits per heavy atom. The van der Waals surface area contributed by atoms with Crippen LogP contribution in [0.15, 0.2) is 36.4 Å². The molecule has 0 spiro atoms. The first kappa shape index (κ1) is 27.7. The average molecular weight is 509 g/mol. The third kappa shape index (κ3) is 7.06.